The number of benzene rings is 1. The first kappa shape index (κ1) is 20.6. The molecule has 0 aliphatic heterocycles. The van der Waals surface area contributed by atoms with E-state index < -0.39 is 10.4 Å². The fourth-order valence-electron chi connectivity index (χ4n) is 1.74. The first-order valence-corrected chi connectivity index (χ1v) is 8.64. The van der Waals surface area contributed by atoms with Gasteiger partial charge in [-0.25, -0.2) is 0 Å². The van der Waals surface area contributed by atoms with E-state index in [2.05, 4.69) is 0 Å². The van der Waals surface area contributed by atoms with Crippen molar-refractivity contribution in [2.75, 3.05) is 6.61 Å². The highest BCUT2D eigenvalue weighted by atomic mass is 32.3. The molecule has 0 bridgehead atoms. The third kappa shape index (κ3) is 18.6. The van der Waals surface area contributed by atoms with Gasteiger partial charge in [-0.15, -0.1) is 0 Å². The number of ether oxygens (including phenoxy) is 1. The van der Waals surface area contributed by atoms with Crippen LogP contribution in [0, 0.1) is 0 Å². The summed E-state index contributed by atoms with van der Waals surface area (Å²) in [5, 5.41) is 0. The maximum absolute atomic E-state index is 10.1. The van der Waals surface area contributed by atoms with E-state index in [1.807, 2.05) is 30.3 Å². The Kier molecular flexibility index (Phi) is 12.4. The molecular weight excluding hydrogens is 308 g/mol. The molecule has 0 radical (unpaired) electrons. The summed E-state index contributed by atoms with van der Waals surface area (Å²) in [5.41, 5.74) is 0. The number of carbonyl (C=O) groups excluding carboxylic acids is 1. The number of aldehydes is 1. The Labute approximate surface area is 132 Å². The second-order valence-corrected chi connectivity index (χ2v) is 5.58. The van der Waals surface area contributed by atoms with Gasteiger partial charge in [-0.2, -0.15) is 8.42 Å². The molecule has 1 rings (SSSR count). The molecule has 22 heavy (non-hydrogen) atoms. The minimum absolute atomic E-state index is 0.719. The van der Waals surface area contributed by atoms with Gasteiger partial charge in [0.05, 0.1) is 6.61 Å². The topological polar surface area (TPSA) is 101 Å². The average Bonchev–Trinajstić information content (AvgIpc) is 2.45. The van der Waals surface area contributed by atoms with Crippen molar-refractivity contribution < 1.29 is 27.1 Å². The Bertz CT molecular complexity index is 464. The minimum atomic E-state index is -4.67. The van der Waals surface area contributed by atoms with Crippen LogP contribution in [0.3, 0.4) is 0 Å². The predicted octanol–water partition coefficient (Wildman–Crippen LogP) is 3.34. The molecule has 0 spiro atoms. The van der Waals surface area contributed by atoms with Gasteiger partial charge in [0.1, 0.15) is 12.0 Å². The lowest BCUT2D eigenvalue weighted by atomic mass is 10.1. The summed E-state index contributed by atoms with van der Waals surface area (Å²) in [6.07, 6.45) is 8.76. The van der Waals surface area contributed by atoms with Crippen LogP contribution in [0.2, 0.25) is 0 Å². The van der Waals surface area contributed by atoms with Crippen LogP contribution in [-0.4, -0.2) is 30.4 Å². The summed E-state index contributed by atoms with van der Waals surface area (Å²) >= 11 is 0. The van der Waals surface area contributed by atoms with E-state index in [-0.39, 0.29) is 0 Å². The summed E-state index contributed by atoms with van der Waals surface area (Å²) in [4.78, 5) is 10.1. The molecule has 1 aromatic carbocycles. The zero-order valence-corrected chi connectivity index (χ0v) is 13.4. The number of unbranched alkanes of at least 4 members (excludes halogenated alkanes) is 6. The van der Waals surface area contributed by atoms with Crippen LogP contribution in [0.25, 0.3) is 0 Å². The number of hydrogen-bond donors (Lipinski definition) is 2. The van der Waals surface area contributed by atoms with E-state index in [1.54, 1.807) is 0 Å². The molecular formula is C15H24O6S. The molecule has 0 aliphatic rings. The third-order valence-corrected chi connectivity index (χ3v) is 2.73. The largest absolute Gasteiger partial charge is 0.494 e. The molecule has 7 heteroatoms. The number of para-hydroxylation sites is 1. The quantitative estimate of drug-likeness (QED) is 0.387. The highest BCUT2D eigenvalue weighted by molar-refractivity contribution is 7.79. The van der Waals surface area contributed by atoms with Crippen molar-refractivity contribution >= 4 is 16.7 Å². The second kappa shape index (κ2) is 13.2. The minimum Gasteiger partial charge on any atom is -0.494 e. The van der Waals surface area contributed by atoms with E-state index in [9.17, 15) is 4.79 Å². The zero-order valence-electron chi connectivity index (χ0n) is 12.6. The van der Waals surface area contributed by atoms with Crippen molar-refractivity contribution in [3.8, 4) is 5.75 Å². The summed E-state index contributed by atoms with van der Waals surface area (Å²) in [6.45, 7) is 0.804. The Morgan fingerprint density at radius 3 is 1.95 bits per heavy atom. The standard InChI is InChI=1S/C15H22O2.H2O4S/c16-13-9-4-2-1-3-5-10-14-17-15-11-7-6-8-12-15;1-5(2,3)4/h6-8,11-13H,1-5,9-10,14H2;(H2,1,2,3,4). The maximum atomic E-state index is 10.1. The maximum Gasteiger partial charge on any atom is 0.394 e. The lowest BCUT2D eigenvalue weighted by Crippen LogP contribution is -1.96. The van der Waals surface area contributed by atoms with Crippen molar-refractivity contribution in [2.24, 2.45) is 0 Å². The van der Waals surface area contributed by atoms with Crippen LogP contribution in [0.15, 0.2) is 30.3 Å². The lowest BCUT2D eigenvalue weighted by Gasteiger charge is -2.05. The van der Waals surface area contributed by atoms with E-state index in [0.29, 0.717) is 0 Å². The molecule has 126 valence electrons. The molecule has 0 atom stereocenters. The molecule has 6 nitrogen and oxygen atoms in total. The van der Waals surface area contributed by atoms with Crippen LogP contribution in [-0.2, 0) is 15.2 Å². The number of carbonyl (C=O) groups is 1. The smallest absolute Gasteiger partial charge is 0.394 e. The second-order valence-electron chi connectivity index (χ2n) is 4.69. The van der Waals surface area contributed by atoms with Gasteiger partial charge in [-0.1, -0.05) is 43.9 Å². The Hall–Kier alpha value is -1.44. The van der Waals surface area contributed by atoms with Gasteiger partial charge in [-0.3, -0.25) is 9.11 Å². The predicted molar refractivity (Wildman–Crippen MR) is 84.5 cm³/mol. The Morgan fingerprint density at radius 2 is 1.41 bits per heavy atom. The summed E-state index contributed by atoms with van der Waals surface area (Å²) < 4.78 is 37.2. The van der Waals surface area contributed by atoms with E-state index in [0.717, 1.165) is 37.9 Å². The van der Waals surface area contributed by atoms with Gasteiger partial charge >= 0.3 is 10.4 Å². The molecule has 0 fully saturated rings. The molecule has 2 N–H and O–H groups in total. The van der Waals surface area contributed by atoms with Crippen LogP contribution in [0.5, 0.6) is 5.75 Å². The van der Waals surface area contributed by atoms with Crippen LogP contribution in [0.4, 0.5) is 0 Å². The van der Waals surface area contributed by atoms with Crippen molar-refractivity contribution in [1.82, 2.24) is 0 Å². The van der Waals surface area contributed by atoms with Gasteiger partial charge in [0, 0.05) is 6.42 Å². The van der Waals surface area contributed by atoms with Gasteiger partial charge in [0.2, 0.25) is 0 Å². The van der Waals surface area contributed by atoms with Gasteiger partial charge < -0.3 is 9.53 Å². The zero-order chi connectivity index (χ0) is 16.7. The van der Waals surface area contributed by atoms with Gasteiger partial charge in [-0.05, 0) is 25.0 Å². The van der Waals surface area contributed by atoms with Crippen molar-refractivity contribution in [1.29, 1.82) is 0 Å². The fourth-order valence-corrected chi connectivity index (χ4v) is 1.74. The van der Waals surface area contributed by atoms with E-state index >= 15 is 0 Å². The Balaban J connectivity index is 0.000000763. The molecule has 0 unspecified atom stereocenters. The van der Waals surface area contributed by atoms with E-state index in [1.165, 1.54) is 25.7 Å². The molecule has 1 aromatic rings. The molecule has 0 saturated carbocycles. The summed E-state index contributed by atoms with van der Waals surface area (Å²) in [6, 6.07) is 9.94. The molecule has 0 aromatic heterocycles. The van der Waals surface area contributed by atoms with Crippen LogP contribution in [0.1, 0.15) is 44.9 Å². The number of rotatable bonds is 10. The van der Waals surface area contributed by atoms with Gasteiger partial charge in [0.15, 0.2) is 0 Å². The fraction of sp³-hybridized carbons (Fsp3) is 0.533. The average molecular weight is 332 g/mol. The van der Waals surface area contributed by atoms with Crippen LogP contribution >= 0.6 is 0 Å². The highest BCUT2D eigenvalue weighted by Gasteiger charge is 1.93. The van der Waals surface area contributed by atoms with Crippen LogP contribution < -0.4 is 4.74 Å². The van der Waals surface area contributed by atoms with E-state index in [4.69, 9.17) is 22.3 Å². The molecule has 0 amide bonds. The first-order valence-electron chi connectivity index (χ1n) is 7.25. The summed E-state index contributed by atoms with van der Waals surface area (Å²) in [7, 11) is -4.67. The van der Waals surface area contributed by atoms with Crippen molar-refractivity contribution in [2.45, 2.75) is 44.9 Å². The monoisotopic (exact) mass is 332 g/mol. The molecule has 0 heterocycles. The Morgan fingerprint density at radius 1 is 0.909 bits per heavy atom. The molecule has 0 aliphatic carbocycles. The van der Waals surface area contributed by atoms with Gasteiger partial charge in [0.25, 0.3) is 0 Å². The lowest BCUT2D eigenvalue weighted by molar-refractivity contribution is -0.107. The van der Waals surface area contributed by atoms with Crippen molar-refractivity contribution in [3.63, 3.8) is 0 Å². The third-order valence-electron chi connectivity index (χ3n) is 2.73. The molecule has 0 saturated heterocycles. The normalized spacial score (nSPS) is 10.5. The first-order chi connectivity index (χ1) is 10.4. The highest BCUT2D eigenvalue weighted by Crippen LogP contribution is 2.10. The SMILES string of the molecule is O=CCCCCCCCCOc1ccccc1.O=S(=O)(O)O. The van der Waals surface area contributed by atoms with Crippen molar-refractivity contribution in [3.05, 3.63) is 30.3 Å². The number of hydrogen-bond acceptors (Lipinski definition) is 4. The summed E-state index contributed by atoms with van der Waals surface area (Å²) in [5.74, 6) is 0.957.